The number of fused-ring (bicyclic) bond motifs is 1. The minimum atomic E-state index is -3.48. The topological polar surface area (TPSA) is 53.2 Å². The number of anilines is 2. The standard InChI is InChI=1S/C16H15ClN2O2S/c1-2-22(20,21)19(12-7-4-3-5-8-12)15-10-6-9-13-14(17)11-18-16(13)15/h3-11,18H,2H2,1H3. The molecule has 4 nitrogen and oxygen atoms in total. The zero-order valence-electron chi connectivity index (χ0n) is 12.0. The van der Waals surface area contributed by atoms with Crippen LogP contribution in [0.15, 0.2) is 54.7 Å². The fourth-order valence-electron chi connectivity index (χ4n) is 2.42. The largest absolute Gasteiger partial charge is 0.358 e. The normalized spacial score (nSPS) is 11.7. The average Bonchev–Trinajstić information content (AvgIpc) is 2.91. The van der Waals surface area contributed by atoms with Crippen LogP contribution in [-0.2, 0) is 10.0 Å². The van der Waals surface area contributed by atoms with Crippen molar-refractivity contribution in [2.75, 3.05) is 10.1 Å². The molecule has 1 aromatic heterocycles. The molecule has 2 aromatic carbocycles. The fourth-order valence-corrected chi connectivity index (χ4v) is 3.78. The number of sulfonamides is 1. The Morgan fingerprint density at radius 1 is 1.09 bits per heavy atom. The van der Waals surface area contributed by atoms with Gasteiger partial charge in [-0.05, 0) is 25.1 Å². The number of aromatic amines is 1. The van der Waals surface area contributed by atoms with Crippen molar-refractivity contribution in [1.82, 2.24) is 4.98 Å². The van der Waals surface area contributed by atoms with Gasteiger partial charge in [0.15, 0.2) is 0 Å². The van der Waals surface area contributed by atoms with Gasteiger partial charge < -0.3 is 4.98 Å². The van der Waals surface area contributed by atoms with E-state index in [1.807, 2.05) is 24.3 Å². The van der Waals surface area contributed by atoms with Crippen molar-refractivity contribution in [3.8, 4) is 0 Å². The van der Waals surface area contributed by atoms with Crippen LogP contribution in [0.1, 0.15) is 6.92 Å². The number of hydrogen-bond acceptors (Lipinski definition) is 2. The number of nitrogens with one attached hydrogen (secondary N) is 1. The van der Waals surface area contributed by atoms with Gasteiger partial charge in [-0.3, -0.25) is 0 Å². The van der Waals surface area contributed by atoms with Gasteiger partial charge in [-0.15, -0.1) is 0 Å². The van der Waals surface area contributed by atoms with Gasteiger partial charge in [0.25, 0.3) is 0 Å². The minimum absolute atomic E-state index is 0.00667. The second-order valence-electron chi connectivity index (χ2n) is 4.84. The highest BCUT2D eigenvalue weighted by Crippen LogP contribution is 2.36. The number of hydrogen-bond donors (Lipinski definition) is 1. The van der Waals surface area contributed by atoms with Gasteiger partial charge in [-0.1, -0.05) is 41.9 Å². The molecule has 0 amide bonds. The lowest BCUT2D eigenvalue weighted by Crippen LogP contribution is -2.27. The van der Waals surface area contributed by atoms with E-state index < -0.39 is 10.0 Å². The molecule has 1 heterocycles. The summed E-state index contributed by atoms with van der Waals surface area (Å²) in [6, 6.07) is 14.5. The van der Waals surface area contributed by atoms with Gasteiger partial charge in [-0.2, -0.15) is 0 Å². The molecule has 114 valence electrons. The lowest BCUT2D eigenvalue weighted by atomic mass is 10.2. The predicted octanol–water partition coefficient (Wildman–Crippen LogP) is 4.31. The summed E-state index contributed by atoms with van der Waals surface area (Å²) in [7, 11) is -3.48. The van der Waals surface area contributed by atoms with Crippen LogP contribution in [0.5, 0.6) is 0 Å². The number of H-pyrrole nitrogens is 1. The highest BCUT2D eigenvalue weighted by molar-refractivity contribution is 7.93. The molecule has 0 radical (unpaired) electrons. The molecule has 0 fully saturated rings. The third-order valence-corrected chi connectivity index (χ3v) is 5.50. The summed E-state index contributed by atoms with van der Waals surface area (Å²) >= 11 is 6.14. The number of benzene rings is 2. The van der Waals surface area contributed by atoms with E-state index in [0.29, 0.717) is 21.9 Å². The van der Waals surface area contributed by atoms with Gasteiger partial charge in [0.1, 0.15) is 0 Å². The van der Waals surface area contributed by atoms with E-state index in [2.05, 4.69) is 4.98 Å². The van der Waals surface area contributed by atoms with Crippen molar-refractivity contribution in [2.24, 2.45) is 0 Å². The van der Waals surface area contributed by atoms with E-state index in [1.165, 1.54) is 4.31 Å². The third-order valence-electron chi connectivity index (χ3n) is 3.50. The quantitative estimate of drug-likeness (QED) is 0.773. The number of halogens is 1. The molecule has 0 spiro atoms. The molecule has 3 aromatic rings. The van der Waals surface area contributed by atoms with E-state index in [-0.39, 0.29) is 5.75 Å². The lowest BCUT2D eigenvalue weighted by molar-refractivity contribution is 0.597. The molecule has 3 rings (SSSR count). The minimum Gasteiger partial charge on any atom is -0.358 e. The Bertz CT molecular complexity index is 904. The first-order valence-corrected chi connectivity index (χ1v) is 8.87. The Morgan fingerprint density at radius 3 is 2.50 bits per heavy atom. The van der Waals surface area contributed by atoms with Crippen molar-refractivity contribution < 1.29 is 8.42 Å². The second kappa shape index (κ2) is 5.66. The van der Waals surface area contributed by atoms with Gasteiger partial charge in [-0.25, -0.2) is 12.7 Å². The first-order chi connectivity index (χ1) is 10.5. The summed E-state index contributed by atoms with van der Waals surface area (Å²) in [6.07, 6.45) is 1.66. The summed E-state index contributed by atoms with van der Waals surface area (Å²) in [6.45, 7) is 1.63. The highest BCUT2D eigenvalue weighted by Gasteiger charge is 2.25. The van der Waals surface area contributed by atoms with Crippen molar-refractivity contribution in [1.29, 1.82) is 0 Å². The van der Waals surface area contributed by atoms with E-state index >= 15 is 0 Å². The average molecular weight is 335 g/mol. The molecule has 0 bridgehead atoms. The van der Waals surface area contributed by atoms with E-state index in [1.54, 1.807) is 37.4 Å². The summed E-state index contributed by atoms with van der Waals surface area (Å²) in [5.74, 6) is 0.00667. The van der Waals surface area contributed by atoms with E-state index in [0.717, 1.165) is 5.39 Å². The molecule has 0 atom stereocenters. The van der Waals surface area contributed by atoms with Crippen molar-refractivity contribution in [3.63, 3.8) is 0 Å². The zero-order valence-corrected chi connectivity index (χ0v) is 13.5. The zero-order chi connectivity index (χ0) is 15.7. The number of para-hydroxylation sites is 2. The molecule has 0 unspecified atom stereocenters. The van der Waals surface area contributed by atoms with Crippen LogP contribution < -0.4 is 4.31 Å². The molecular weight excluding hydrogens is 320 g/mol. The molecule has 1 N–H and O–H groups in total. The first kappa shape index (κ1) is 14.9. The monoisotopic (exact) mass is 334 g/mol. The molecular formula is C16H15ClN2O2S. The molecule has 6 heteroatoms. The van der Waals surface area contributed by atoms with Gasteiger partial charge in [0, 0.05) is 11.6 Å². The summed E-state index contributed by atoms with van der Waals surface area (Å²) in [5, 5.41) is 1.37. The summed E-state index contributed by atoms with van der Waals surface area (Å²) in [4.78, 5) is 3.06. The third kappa shape index (κ3) is 2.46. The summed E-state index contributed by atoms with van der Waals surface area (Å²) < 4.78 is 26.6. The summed E-state index contributed by atoms with van der Waals surface area (Å²) in [5.41, 5.74) is 1.87. The van der Waals surface area contributed by atoms with Crippen LogP contribution in [-0.4, -0.2) is 19.2 Å². The Morgan fingerprint density at radius 2 is 1.82 bits per heavy atom. The predicted molar refractivity (Wildman–Crippen MR) is 91.4 cm³/mol. The Balaban J connectivity index is 2.30. The van der Waals surface area contributed by atoms with E-state index in [4.69, 9.17) is 11.6 Å². The van der Waals surface area contributed by atoms with E-state index in [9.17, 15) is 8.42 Å². The van der Waals surface area contributed by atoms with Gasteiger partial charge in [0.2, 0.25) is 10.0 Å². The molecule has 22 heavy (non-hydrogen) atoms. The lowest BCUT2D eigenvalue weighted by Gasteiger charge is -2.24. The maximum absolute atomic E-state index is 12.6. The van der Waals surface area contributed by atoms with Crippen LogP contribution in [0.2, 0.25) is 5.02 Å². The number of rotatable bonds is 4. The molecule has 0 aliphatic rings. The second-order valence-corrected chi connectivity index (χ2v) is 7.35. The van der Waals surface area contributed by atoms with Crippen LogP contribution >= 0.6 is 11.6 Å². The molecule has 0 aliphatic heterocycles. The molecule has 0 saturated carbocycles. The Hall–Kier alpha value is -1.98. The van der Waals surface area contributed by atoms with Gasteiger partial charge >= 0.3 is 0 Å². The number of nitrogens with zero attached hydrogens (tertiary/aromatic N) is 1. The highest BCUT2D eigenvalue weighted by atomic mass is 35.5. The Labute approximate surface area is 134 Å². The number of aromatic nitrogens is 1. The van der Waals surface area contributed by atoms with Crippen LogP contribution in [0, 0.1) is 0 Å². The Kier molecular flexibility index (Phi) is 3.85. The molecule has 0 saturated heterocycles. The van der Waals surface area contributed by atoms with Crippen LogP contribution in [0.3, 0.4) is 0 Å². The first-order valence-electron chi connectivity index (χ1n) is 6.88. The molecule has 0 aliphatic carbocycles. The smallest absolute Gasteiger partial charge is 0.239 e. The van der Waals surface area contributed by atoms with Crippen LogP contribution in [0.25, 0.3) is 10.9 Å². The maximum Gasteiger partial charge on any atom is 0.239 e. The van der Waals surface area contributed by atoms with Gasteiger partial charge in [0.05, 0.1) is 27.7 Å². The van der Waals surface area contributed by atoms with Crippen molar-refractivity contribution in [3.05, 3.63) is 59.8 Å². The maximum atomic E-state index is 12.6. The fraction of sp³-hybridized carbons (Fsp3) is 0.125. The van der Waals surface area contributed by atoms with Crippen molar-refractivity contribution in [2.45, 2.75) is 6.92 Å². The van der Waals surface area contributed by atoms with Crippen LogP contribution in [0.4, 0.5) is 11.4 Å². The van der Waals surface area contributed by atoms with Crippen molar-refractivity contribution >= 4 is 43.9 Å². The SMILES string of the molecule is CCS(=O)(=O)N(c1ccccc1)c1cccc2c(Cl)c[nH]c12.